The monoisotopic (exact) mass is 232 g/mol. The third-order valence-corrected chi connectivity index (χ3v) is 2.52. The van der Waals surface area contributed by atoms with E-state index in [0.29, 0.717) is 0 Å². The summed E-state index contributed by atoms with van der Waals surface area (Å²) in [5.41, 5.74) is 0. The van der Waals surface area contributed by atoms with E-state index in [1.54, 1.807) is 0 Å². The summed E-state index contributed by atoms with van der Waals surface area (Å²) in [6.07, 6.45) is -1.83. The number of carbonyl (C=O) groups is 1. The molecule has 0 radical (unpaired) electrons. The molecule has 0 aromatic carbocycles. The van der Waals surface area contributed by atoms with Crippen molar-refractivity contribution in [3.8, 4) is 0 Å². The number of cyclic esters (lactones) is 1. The maximum absolute atomic E-state index is 10.9. The minimum atomic E-state index is -1.17. The van der Waals surface area contributed by atoms with Crippen LogP contribution >= 0.6 is 0 Å². The highest BCUT2D eigenvalue weighted by Crippen LogP contribution is 2.31. The van der Waals surface area contributed by atoms with Crippen molar-refractivity contribution in [2.75, 3.05) is 13.2 Å². The van der Waals surface area contributed by atoms with Gasteiger partial charge in [0.1, 0.15) is 6.10 Å². The summed E-state index contributed by atoms with van der Waals surface area (Å²) in [4.78, 5) is 10.9. The SMILES string of the molecule is CC1(CO)OCC(C2OC(=O)C(O)=C2O)O1. The van der Waals surface area contributed by atoms with E-state index in [1.165, 1.54) is 6.92 Å². The molecule has 0 aromatic rings. The molecule has 16 heavy (non-hydrogen) atoms. The van der Waals surface area contributed by atoms with Crippen molar-refractivity contribution in [3.05, 3.63) is 11.5 Å². The molecule has 3 unspecified atom stereocenters. The molecule has 0 aromatic heterocycles. The molecule has 0 spiro atoms. The average molecular weight is 232 g/mol. The Morgan fingerprint density at radius 1 is 1.50 bits per heavy atom. The molecule has 1 fully saturated rings. The van der Waals surface area contributed by atoms with E-state index in [9.17, 15) is 9.90 Å². The number of carbonyl (C=O) groups excluding carboxylic acids is 1. The van der Waals surface area contributed by atoms with Gasteiger partial charge in [0.15, 0.2) is 17.7 Å². The van der Waals surface area contributed by atoms with Gasteiger partial charge in [0.05, 0.1) is 13.2 Å². The van der Waals surface area contributed by atoms with Crippen LogP contribution in [0.2, 0.25) is 0 Å². The van der Waals surface area contributed by atoms with Crippen LogP contribution in [0.25, 0.3) is 0 Å². The van der Waals surface area contributed by atoms with Crippen LogP contribution in [0.1, 0.15) is 6.92 Å². The Morgan fingerprint density at radius 2 is 2.19 bits per heavy atom. The predicted molar refractivity (Wildman–Crippen MR) is 48.5 cm³/mol. The van der Waals surface area contributed by atoms with Crippen LogP contribution in [0.3, 0.4) is 0 Å². The van der Waals surface area contributed by atoms with Gasteiger partial charge in [0.2, 0.25) is 5.76 Å². The molecule has 7 nitrogen and oxygen atoms in total. The van der Waals surface area contributed by atoms with Crippen molar-refractivity contribution >= 4 is 5.97 Å². The zero-order valence-electron chi connectivity index (χ0n) is 8.54. The number of aliphatic hydroxyl groups excluding tert-OH is 3. The van der Waals surface area contributed by atoms with E-state index >= 15 is 0 Å². The van der Waals surface area contributed by atoms with Crippen molar-refractivity contribution in [2.24, 2.45) is 0 Å². The molecule has 7 heteroatoms. The fraction of sp³-hybridized carbons (Fsp3) is 0.667. The van der Waals surface area contributed by atoms with Crippen LogP contribution in [0.4, 0.5) is 0 Å². The van der Waals surface area contributed by atoms with Crippen LogP contribution in [0.5, 0.6) is 0 Å². The molecule has 2 aliphatic rings. The van der Waals surface area contributed by atoms with Crippen LogP contribution in [-0.4, -0.2) is 52.5 Å². The lowest BCUT2D eigenvalue weighted by Crippen LogP contribution is -2.35. The minimum absolute atomic E-state index is 0.0480. The van der Waals surface area contributed by atoms with Gasteiger partial charge in [0.25, 0.3) is 0 Å². The molecule has 3 atom stereocenters. The van der Waals surface area contributed by atoms with Crippen LogP contribution < -0.4 is 0 Å². The van der Waals surface area contributed by atoms with Crippen molar-refractivity contribution in [1.82, 2.24) is 0 Å². The average Bonchev–Trinajstić information content (AvgIpc) is 2.76. The molecule has 1 saturated heterocycles. The molecule has 0 aliphatic carbocycles. The number of hydrogen-bond acceptors (Lipinski definition) is 7. The third kappa shape index (κ3) is 1.62. The van der Waals surface area contributed by atoms with Gasteiger partial charge in [0, 0.05) is 0 Å². The molecule has 3 N–H and O–H groups in total. The molecular weight excluding hydrogens is 220 g/mol. The van der Waals surface area contributed by atoms with Gasteiger partial charge in [-0.1, -0.05) is 0 Å². The minimum Gasteiger partial charge on any atom is -0.505 e. The van der Waals surface area contributed by atoms with Gasteiger partial charge >= 0.3 is 5.97 Å². The molecule has 0 saturated carbocycles. The van der Waals surface area contributed by atoms with E-state index in [4.69, 9.17) is 24.4 Å². The lowest BCUT2D eigenvalue weighted by Gasteiger charge is -2.21. The number of rotatable bonds is 2. The highest BCUT2D eigenvalue weighted by atomic mass is 16.8. The molecule has 2 rings (SSSR count). The summed E-state index contributed by atoms with van der Waals surface area (Å²) >= 11 is 0. The molecule has 90 valence electrons. The summed E-state index contributed by atoms with van der Waals surface area (Å²) in [6, 6.07) is 0. The van der Waals surface area contributed by atoms with Crippen molar-refractivity contribution in [2.45, 2.75) is 24.9 Å². The molecular formula is C9H12O7. The fourth-order valence-corrected chi connectivity index (χ4v) is 1.60. The van der Waals surface area contributed by atoms with Gasteiger partial charge in [-0.25, -0.2) is 4.79 Å². The number of hydrogen-bond donors (Lipinski definition) is 3. The lowest BCUT2D eigenvalue weighted by molar-refractivity contribution is -0.189. The summed E-state index contributed by atoms with van der Waals surface area (Å²) in [5.74, 6) is -3.55. The standard InChI is InChI=1S/C9H12O7/c1-9(3-10)14-2-4(16-9)7-5(11)6(12)8(13)15-7/h4,7,10-12H,2-3H2,1H3. The van der Waals surface area contributed by atoms with Gasteiger partial charge in [-0.15, -0.1) is 0 Å². The van der Waals surface area contributed by atoms with Gasteiger partial charge in [-0.3, -0.25) is 0 Å². The topological polar surface area (TPSA) is 105 Å². The second-order valence-corrected chi connectivity index (χ2v) is 3.82. The summed E-state index contributed by atoms with van der Waals surface area (Å²) < 4.78 is 15.2. The quantitative estimate of drug-likeness (QED) is 0.544. The highest BCUT2D eigenvalue weighted by molar-refractivity contribution is 5.89. The summed E-state index contributed by atoms with van der Waals surface area (Å²) in [7, 11) is 0. The molecule has 2 heterocycles. The van der Waals surface area contributed by atoms with E-state index < -0.39 is 35.5 Å². The maximum Gasteiger partial charge on any atom is 0.377 e. The van der Waals surface area contributed by atoms with E-state index in [0.717, 1.165) is 0 Å². The second kappa shape index (κ2) is 3.62. The van der Waals surface area contributed by atoms with Crippen molar-refractivity contribution in [1.29, 1.82) is 0 Å². The first-order valence-electron chi connectivity index (χ1n) is 4.72. The molecule has 2 aliphatic heterocycles. The van der Waals surface area contributed by atoms with Crippen molar-refractivity contribution < 1.29 is 34.3 Å². The number of ether oxygens (including phenoxy) is 3. The summed E-state index contributed by atoms with van der Waals surface area (Å²) in [5, 5.41) is 27.5. The van der Waals surface area contributed by atoms with Gasteiger partial charge < -0.3 is 29.5 Å². The van der Waals surface area contributed by atoms with Crippen LogP contribution in [-0.2, 0) is 19.0 Å². The predicted octanol–water partition coefficient (Wildman–Crippen LogP) is -0.637. The van der Waals surface area contributed by atoms with E-state index in [-0.39, 0.29) is 13.2 Å². The first kappa shape index (κ1) is 11.2. The highest BCUT2D eigenvalue weighted by Gasteiger charge is 2.47. The van der Waals surface area contributed by atoms with Crippen LogP contribution in [0, 0.1) is 0 Å². The first-order chi connectivity index (χ1) is 7.47. The maximum atomic E-state index is 10.9. The summed E-state index contributed by atoms with van der Waals surface area (Å²) in [6.45, 7) is 1.21. The molecule has 0 bridgehead atoms. The first-order valence-corrected chi connectivity index (χ1v) is 4.72. The zero-order chi connectivity index (χ0) is 11.9. The largest absolute Gasteiger partial charge is 0.505 e. The zero-order valence-corrected chi connectivity index (χ0v) is 8.54. The Kier molecular flexibility index (Phi) is 2.53. The van der Waals surface area contributed by atoms with Crippen LogP contribution in [0.15, 0.2) is 11.5 Å². The van der Waals surface area contributed by atoms with Crippen molar-refractivity contribution in [3.63, 3.8) is 0 Å². The Labute approximate surface area is 90.8 Å². The second-order valence-electron chi connectivity index (χ2n) is 3.82. The van der Waals surface area contributed by atoms with Gasteiger partial charge in [-0.05, 0) is 6.92 Å². The number of esters is 1. The normalized spacial score (nSPS) is 39.2. The lowest BCUT2D eigenvalue weighted by atomic mass is 10.2. The Bertz CT molecular complexity index is 350. The fourth-order valence-electron chi connectivity index (χ4n) is 1.60. The Balaban J connectivity index is 2.10. The number of aliphatic hydroxyl groups is 3. The molecule has 0 amide bonds. The third-order valence-electron chi connectivity index (χ3n) is 2.52. The Morgan fingerprint density at radius 3 is 2.62 bits per heavy atom. The smallest absolute Gasteiger partial charge is 0.377 e. The van der Waals surface area contributed by atoms with Gasteiger partial charge in [-0.2, -0.15) is 0 Å². The van der Waals surface area contributed by atoms with E-state index in [2.05, 4.69) is 0 Å². The van der Waals surface area contributed by atoms with E-state index in [1.807, 2.05) is 0 Å². The Hall–Kier alpha value is -1.31.